The first-order valence-electron chi connectivity index (χ1n) is 5.75. The summed E-state index contributed by atoms with van der Waals surface area (Å²) in [6.45, 7) is 1.98. The van der Waals surface area contributed by atoms with Crippen molar-refractivity contribution >= 4 is 11.6 Å². The van der Waals surface area contributed by atoms with Gasteiger partial charge in [0.25, 0.3) is 0 Å². The van der Waals surface area contributed by atoms with E-state index in [9.17, 15) is 8.78 Å². The van der Waals surface area contributed by atoms with E-state index >= 15 is 0 Å². The van der Waals surface area contributed by atoms with E-state index in [2.05, 4.69) is 9.97 Å². The summed E-state index contributed by atoms with van der Waals surface area (Å²) >= 11 is 5.83. The van der Waals surface area contributed by atoms with Crippen molar-refractivity contribution in [3.63, 3.8) is 0 Å². The molecule has 19 heavy (non-hydrogen) atoms. The fraction of sp³-hybridized carbons (Fsp3) is 0.231. The zero-order valence-corrected chi connectivity index (χ0v) is 10.9. The molecule has 1 aromatic carbocycles. The second kappa shape index (κ2) is 5.93. The van der Waals surface area contributed by atoms with Gasteiger partial charge < -0.3 is 4.74 Å². The van der Waals surface area contributed by atoms with E-state index in [0.717, 1.165) is 18.6 Å². The smallest absolute Gasteiger partial charge is 0.224 e. The van der Waals surface area contributed by atoms with Crippen molar-refractivity contribution in [3.05, 3.63) is 46.9 Å². The van der Waals surface area contributed by atoms with Crippen molar-refractivity contribution in [1.82, 2.24) is 9.97 Å². The lowest BCUT2D eigenvalue weighted by Crippen LogP contribution is -1.98. The number of aryl methyl sites for hydroxylation is 1. The predicted octanol–water partition coefficient (Wildman–Crippen LogP) is 4.15. The van der Waals surface area contributed by atoms with Crippen molar-refractivity contribution in [2.75, 3.05) is 0 Å². The summed E-state index contributed by atoms with van der Waals surface area (Å²) in [6, 6.07) is 4.42. The monoisotopic (exact) mass is 284 g/mol. The summed E-state index contributed by atoms with van der Waals surface area (Å²) in [4.78, 5) is 8.13. The second-order valence-corrected chi connectivity index (χ2v) is 4.26. The molecule has 0 saturated carbocycles. The van der Waals surface area contributed by atoms with Crippen molar-refractivity contribution in [1.29, 1.82) is 0 Å². The molecule has 0 spiro atoms. The Kier molecular flexibility index (Phi) is 4.27. The van der Waals surface area contributed by atoms with Crippen LogP contribution in [-0.4, -0.2) is 9.97 Å². The van der Waals surface area contributed by atoms with Gasteiger partial charge in [-0.25, -0.2) is 13.8 Å². The highest BCUT2D eigenvalue weighted by molar-refractivity contribution is 6.29. The molecule has 0 radical (unpaired) electrons. The van der Waals surface area contributed by atoms with Crippen LogP contribution in [0.4, 0.5) is 8.78 Å². The lowest BCUT2D eigenvalue weighted by atomic mass is 10.3. The molecule has 1 aromatic heterocycles. The van der Waals surface area contributed by atoms with Crippen LogP contribution >= 0.6 is 11.6 Å². The average Bonchev–Trinajstić information content (AvgIpc) is 2.32. The second-order valence-electron chi connectivity index (χ2n) is 3.87. The molecule has 0 fully saturated rings. The van der Waals surface area contributed by atoms with Crippen molar-refractivity contribution in [3.8, 4) is 11.6 Å². The summed E-state index contributed by atoms with van der Waals surface area (Å²) in [5.41, 5.74) is 0. The van der Waals surface area contributed by atoms with Crippen LogP contribution in [-0.2, 0) is 6.42 Å². The van der Waals surface area contributed by atoms with E-state index in [-0.39, 0.29) is 16.8 Å². The zero-order valence-electron chi connectivity index (χ0n) is 10.2. The minimum Gasteiger partial charge on any atom is -0.436 e. The molecule has 0 saturated heterocycles. The van der Waals surface area contributed by atoms with Gasteiger partial charge >= 0.3 is 0 Å². The SMILES string of the molecule is CCCc1nc(Cl)cc(Oc2ccc(F)cc2F)n1. The normalized spacial score (nSPS) is 10.5. The Labute approximate surface area is 114 Å². The Morgan fingerprint density at radius 2 is 2.00 bits per heavy atom. The van der Waals surface area contributed by atoms with Gasteiger partial charge in [0.2, 0.25) is 5.88 Å². The van der Waals surface area contributed by atoms with Crippen LogP contribution in [0, 0.1) is 11.6 Å². The summed E-state index contributed by atoms with van der Waals surface area (Å²) < 4.78 is 31.5. The lowest BCUT2D eigenvalue weighted by Gasteiger charge is -2.07. The van der Waals surface area contributed by atoms with Gasteiger partial charge in [-0.15, -0.1) is 0 Å². The summed E-state index contributed by atoms with van der Waals surface area (Å²) in [6.07, 6.45) is 1.49. The Hall–Kier alpha value is -1.75. The molecule has 0 amide bonds. The molecule has 0 aliphatic heterocycles. The summed E-state index contributed by atoms with van der Waals surface area (Å²) in [5.74, 6) is -0.927. The first kappa shape index (κ1) is 13.7. The molecule has 6 heteroatoms. The van der Waals surface area contributed by atoms with Gasteiger partial charge in [-0.3, -0.25) is 0 Å². The van der Waals surface area contributed by atoms with E-state index in [1.54, 1.807) is 0 Å². The van der Waals surface area contributed by atoms with Crippen molar-refractivity contribution < 1.29 is 13.5 Å². The van der Waals surface area contributed by atoms with E-state index in [1.165, 1.54) is 12.1 Å². The fourth-order valence-corrected chi connectivity index (χ4v) is 1.69. The molecule has 1 heterocycles. The minimum absolute atomic E-state index is 0.112. The molecule has 0 N–H and O–H groups in total. The van der Waals surface area contributed by atoms with Crippen LogP contribution in [0.5, 0.6) is 11.6 Å². The molecule has 0 unspecified atom stereocenters. The predicted molar refractivity (Wildman–Crippen MR) is 67.5 cm³/mol. The van der Waals surface area contributed by atoms with Crippen LogP contribution < -0.4 is 4.74 Å². The number of benzene rings is 1. The first-order chi connectivity index (χ1) is 9.08. The first-order valence-corrected chi connectivity index (χ1v) is 6.12. The van der Waals surface area contributed by atoms with Gasteiger partial charge in [-0.05, 0) is 18.6 Å². The van der Waals surface area contributed by atoms with Gasteiger partial charge in [0.1, 0.15) is 16.8 Å². The van der Waals surface area contributed by atoms with Gasteiger partial charge in [0.05, 0.1) is 0 Å². The molecule has 3 nitrogen and oxygen atoms in total. The average molecular weight is 285 g/mol. The summed E-state index contributed by atoms with van der Waals surface area (Å²) in [5, 5.41) is 0.218. The lowest BCUT2D eigenvalue weighted by molar-refractivity contribution is 0.420. The van der Waals surface area contributed by atoms with Gasteiger partial charge in [0, 0.05) is 18.6 Å². The number of rotatable bonds is 4. The van der Waals surface area contributed by atoms with Crippen LogP contribution in [0.25, 0.3) is 0 Å². The summed E-state index contributed by atoms with van der Waals surface area (Å²) in [7, 11) is 0. The number of hydrogen-bond acceptors (Lipinski definition) is 3. The fourth-order valence-electron chi connectivity index (χ4n) is 1.50. The maximum Gasteiger partial charge on any atom is 0.224 e. The Bertz CT molecular complexity index is 593. The highest BCUT2D eigenvalue weighted by Gasteiger charge is 2.09. The van der Waals surface area contributed by atoms with Crippen LogP contribution in [0.2, 0.25) is 5.15 Å². The Balaban J connectivity index is 2.27. The molecule has 0 aliphatic carbocycles. The van der Waals surface area contributed by atoms with Crippen molar-refractivity contribution in [2.24, 2.45) is 0 Å². The van der Waals surface area contributed by atoms with Gasteiger partial charge in [0.15, 0.2) is 11.6 Å². The maximum atomic E-state index is 13.4. The topological polar surface area (TPSA) is 35.0 Å². The molecule has 2 aromatic rings. The number of halogens is 3. The highest BCUT2D eigenvalue weighted by atomic mass is 35.5. The zero-order chi connectivity index (χ0) is 13.8. The maximum absolute atomic E-state index is 13.4. The van der Waals surface area contributed by atoms with Crippen LogP contribution in [0.1, 0.15) is 19.2 Å². The minimum atomic E-state index is -0.799. The Morgan fingerprint density at radius 1 is 1.21 bits per heavy atom. The molecule has 0 bridgehead atoms. The third kappa shape index (κ3) is 3.61. The largest absolute Gasteiger partial charge is 0.436 e. The van der Waals surface area contributed by atoms with Crippen molar-refractivity contribution in [2.45, 2.75) is 19.8 Å². The molecular weight excluding hydrogens is 274 g/mol. The number of nitrogens with zero attached hydrogens (tertiary/aromatic N) is 2. The van der Waals surface area contributed by atoms with Crippen LogP contribution in [0.15, 0.2) is 24.3 Å². The molecule has 0 aliphatic rings. The van der Waals surface area contributed by atoms with Gasteiger partial charge in [-0.2, -0.15) is 4.98 Å². The van der Waals surface area contributed by atoms with E-state index in [4.69, 9.17) is 16.3 Å². The van der Waals surface area contributed by atoms with Gasteiger partial charge in [-0.1, -0.05) is 18.5 Å². The molecular formula is C13H11ClF2N2O. The van der Waals surface area contributed by atoms with E-state index < -0.39 is 11.6 Å². The van der Waals surface area contributed by atoms with E-state index in [0.29, 0.717) is 12.2 Å². The molecule has 100 valence electrons. The third-order valence-electron chi connectivity index (χ3n) is 2.30. The Morgan fingerprint density at radius 3 is 2.68 bits per heavy atom. The number of ether oxygens (including phenoxy) is 1. The quantitative estimate of drug-likeness (QED) is 0.791. The standard InChI is InChI=1S/C13H11ClF2N2O/c1-2-3-12-17-11(14)7-13(18-12)19-10-5-4-8(15)6-9(10)16/h4-7H,2-3H2,1H3. The van der Waals surface area contributed by atoms with E-state index in [1.807, 2.05) is 6.92 Å². The third-order valence-corrected chi connectivity index (χ3v) is 2.49. The molecule has 2 rings (SSSR count). The van der Waals surface area contributed by atoms with Crippen LogP contribution in [0.3, 0.4) is 0 Å². The number of aromatic nitrogens is 2. The highest BCUT2D eigenvalue weighted by Crippen LogP contribution is 2.25. The number of hydrogen-bond donors (Lipinski definition) is 0. The molecule has 0 atom stereocenters.